The van der Waals surface area contributed by atoms with Gasteiger partial charge in [0.2, 0.25) is 0 Å². The number of benzene rings is 1. The van der Waals surface area contributed by atoms with Crippen molar-refractivity contribution in [1.82, 2.24) is 4.90 Å². The largest absolute Gasteiger partial charge is 0.479 e. The molecule has 3 atom stereocenters. The number of ether oxygens (including phenoxy) is 2. The molecule has 3 unspecified atom stereocenters. The highest BCUT2D eigenvalue weighted by Crippen LogP contribution is 2.41. The standard InChI is InChI=1S/C16H22N2O4.C4H6O6/c1-4-18(2)16(20)22-13-7-5-6-12-15(13)11(10-17-12)8-9-14(19)21-3;5-1(3(7)8)2(6)4(9)10/h5-7,11,17H,4,8-10H2,1-3H3;1-2,5-6H,(H,7,8)(H,9,10). The average Bonchev–Trinajstić information content (AvgIpc) is 3.20. The maximum atomic E-state index is 12.0. The molecule has 0 bridgehead atoms. The third-order valence-electron chi connectivity index (χ3n) is 4.73. The number of aliphatic hydroxyl groups is 2. The van der Waals surface area contributed by atoms with Gasteiger partial charge in [-0.05, 0) is 25.5 Å². The molecule has 0 radical (unpaired) electrons. The molecule has 1 aromatic rings. The summed E-state index contributed by atoms with van der Waals surface area (Å²) in [6, 6.07) is 5.59. The van der Waals surface area contributed by atoms with E-state index in [2.05, 4.69) is 10.1 Å². The highest BCUT2D eigenvalue weighted by Gasteiger charge is 2.29. The molecule has 5 N–H and O–H groups in total. The van der Waals surface area contributed by atoms with Crippen LogP contribution in [0.2, 0.25) is 0 Å². The fraction of sp³-hybridized carbons (Fsp3) is 0.500. The van der Waals surface area contributed by atoms with Crippen molar-refractivity contribution in [2.24, 2.45) is 0 Å². The Morgan fingerprint density at radius 1 is 1.16 bits per heavy atom. The molecule has 1 heterocycles. The number of fused-ring (bicyclic) bond motifs is 1. The summed E-state index contributed by atoms with van der Waals surface area (Å²) in [4.78, 5) is 44.4. The molecule has 0 saturated carbocycles. The minimum atomic E-state index is -2.27. The first-order chi connectivity index (χ1) is 15.0. The number of carboxylic acids is 2. The summed E-state index contributed by atoms with van der Waals surface area (Å²) in [7, 11) is 3.08. The third-order valence-corrected chi connectivity index (χ3v) is 4.73. The van der Waals surface area contributed by atoms with E-state index in [0.29, 0.717) is 25.1 Å². The van der Waals surface area contributed by atoms with Crippen molar-refractivity contribution in [3.05, 3.63) is 23.8 Å². The van der Waals surface area contributed by atoms with Crippen molar-refractivity contribution in [3.8, 4) is 5.75 Å². The van der Waals surface area contributed by atoms with E-state index in [0.717, 1.165) is 17.8 Å². The maximum absolute atomic E-state index is 12.0. The monoisotopic (exact) mass is 456 g/mol. The number of esters is 1. The van der Waals surface area contributed by atoms with E-state index in [9.17, 15) is 19.2 Å². The quantitative estimate of drug-likeness (QED) is 0.343. The Hall–Kier alpha value is -3.38. The Morgan fingerprint density at radius 3 is 2.25 bits per heavy atom. The zero-order chi connectivity index (χ0) is 24.4. The van der Waals surface area contributed by atoms with Gasteiger partial charge in [-0.2, -0.15) is 0 Å². The predicted molar refractivity (Wildman–Crippen MR) is 111 cm³/mol. The SMILES string of the molecule is CCN(C)C(=O)Oc1cccc2c1C(CCC(=O)OC)CN2.O=C(O)C(O)C(O)C(=O)O. The van der Waals surface area contributed by atoms with Gasteiger partial charge in [0.25, 0.3) is 0 Å². The van der Waals surface area contributed by atoms with Gasteiger partial charge in [0.1, 0.15) is 5.75 Å². The van der Waals surface area contributed by atoms with E-state index in [1.807, 2.05) is 19.1 Å². The van der Waals surface area contributed by atoms with Crippen molar-refractivity contribution in [1.29, 1.82) is 0 Å². The van der Waals surface area contributed by atoms with Crippen LogP contribution in [0.3, 0.4) is 0 Å². The van der Waals surface area contributed by atoms with Gasteiger partial charge in [0.05, 0.1) is 7.11 Å². The van der Waals surface area contributed by atoms with E-state index in [1.165, 1.54) is 12.0 Å². The number of hydrogen-bond acceptors (Lipinski definition) is 9. The number of hydrogen-bond donors (Lipinski definition) is 5. The summed E-state index contributed by atoms with van der Waals surface area (Å²) in [5.74, 6) is -3.08. The smallest absolute Gasteiger partial charge is 0.414 e. The molecule has 1 aliphatic heterocycles. The first kappa shape index (κ1) is 26.7. The number of carbonyl (C=O) groups excluding carboxylic acids is 2. The molecule has 0 fully saturated rings. The van der Waals surface area contributed by atoms with Gasteiger partial charge in [-0.25, -0.2) is 14.4 Å². The van der Waals surface area contributed by atoms with Crippen LogP contribution in [0.4, 0.5) is 10.5 Å². The second kappa shape index (κ2) is 12.5. The Bertz CT molecular complexity index is 811. The number of amides is 1. The molecule has 1 aliphatic rings. The number of carboxylic acid groups (broad SMARTS) is 2. The topological polar surface area (TPSA) is 183 Å². The summed E-state index contributed by atoms with van der Waals surface area (Å²) in [5, 5.41) is 35.8. The molecule has 0 aromatic heterocycles. The molecule has 1 aromatic carbocycles. The van der Waals surface area contributed by atoms with E-state index in [4.69, 9.17) is 25.2 Å². The number of aliphatic carboxylic acids is 2. The second-order valence-corrected chi connectivity index (χ2v) is 6.86. The van der Waals surface area contributed by atoms with Gasteiger partial charge >= 0.3 is 24.0 Å². The predicted octanol–water partition coefficient (Wildman–Crippen LogP) is 0.477. The van der Waals surface area contributed by atoms with Crippen LogP contribution in [0.25, 0.3) is 0 Å². The minimum Gasteiger partial charge on any atom is -0.479 e. The van der Waals surface area contributed by atoms with Crippen molar-refractivity contribution in [2.45, 2.75) is 37.9 Å². The first-order valence-corrected chi connectivity index (χ1v) is 9.71. The zero-order valence-electron chi connectivity index (χ0n) is 18.0. The van der Waals surface area contributed by atoms with Crippen molar-refractivity contribution in [2.75, 3.05) is 32.6 Å². The van der Waals surface area contributed by atoms with Crippen molar-refractivity contribution >= 4 is 29.7 Å². The average molecular weight is 456 g/mol. The summed E-state index contributed by atoms with van der Waals surface area (Å²) in [6.07, 6.45) is -3.91. The molecule has 0 saturated heterocycles. The fourth-order valence-electron chi connectivity index (χ4n) is 2.76. The van der Waals surface area contributed by atoms with Gasteiger partial charge in [0.15, 0.2) is 12.2 Å². The Balaban J connectivity index is 0.000000433. The number of methoxy groups -OCH3 is 1. The lowest BCUT2D eigenvalue weighted by Gasteiger charge is -2.18. The number of anilines is 1. The summed E-state index contributed by atoms with van der Waals surface area (Å²) >= 11 is 0. The highest BCUT2D eigenvalue weighted by atomic mass is 16.6. The van der Waals surface area contributed by atoms with Gasteiger partial charge in [-0.15, -0.1) is 0 Å². The molecule has 0 spiro atoms. The van der Waals surface area contributed by atoms with Crippen LogP contribution >= 0.6 is 0 Å². The lowest BCUT2D eigenvalue weighted by molar-refractivity contribution is -0.165. The number of aliphatic hydroxyl groups excluding tert-OH is 2. The second-order valence-electron chi connectivity index (χ2n) is 6.86. The van der Waals surface area contributed by atoms with Crippen molar-refractivity contribution in [3.63, 3.8) is 0 Å². The van der Waals surface area contributed by atoms with E-state index < -0.39 is 24.1 Å². The van der Waals surface area contributed by atoms with E-state index in [-0.39, 0.29) is 18.0 Å². The van der Waals surface area contributed by atoms with E-state index in [1.54, 1.807) is 13.1 Å². The Kier molecular flexibility index (Phi) is 10.4. The third kappa shape index (κ3) is 7.39. The van der Waals surface area contributed by atoms with Crippen LogP contribution < -0.4 is 10.1 Å². The molecule has 178 valence electrons. The molecule has 12 heteroatoms. The molecule has 0 aliphatic carbocycles. The molecule has 2 rings (SSSR count). The summed E-state index contributed by atoms with van der Waals surface area (Å²) < 4.78 is 10.2. The molecular weight excluding hydrogens is 428 g/mol. The van der Waals surface area contributed by atoms with Crippen LogP contribution in [-0.2, 0) is 19.1 Å². The number of rotatable bonds is 8. The minimum absolute atomic E-state index is 0.130. The van der Waals surface area contributed by atoms with Crippen LogP contribution in [-0.4, -0.2) is 88.8 Å². The van der Waals surface area contributed by atoms with Crippen LogP contribution in [0, 0.1) is 0 Å². The fourth-order valence-corrected chi connectivity index (χ4v) is 2.76. The zero-order valence-corrected chi connectivity index (χ0v) is 18.0. The molecule has 12 nitrogen and oxygen atoms in total. The first-order valence-electron chi connectivity index (χ1n) is 9.71. The normalized spacial score (nSPS) is 15.7. The lowest BCUT2D eigenvalue weighted by atomic mass is 9.95. The summed E-state index contributed by atoms with van der Waals surface area (Å²) in [5.41, 5.74) is 1.92. The lowest BCUT2D eigenvalue weighted by Crippen LogP contribution is -2.39. The molecule has 32 heavy (non-hydrogen) atoms. The number of nitrogens with one attached hydrogen (secondary N) is 1. The molecule has 1 amide bonds. The Morgan fingerprint density at radius 2 is 1.75 bits per heavy atom. The number of nitrogens with zero attached hydrogens (tertiary/aromatic N) is 1. The van der Waals surface area contributed by atoms with Crippen molar-refractivity contribution < 1.29 is 49.1 Å². The van der Waals surface area contributed by atoms with Gasteiger partial charge in [-0.3, -0.25) is 4.79 Å². The highest BCUT2D eigenvalue weighted by molar-refractivity contribution is 5.83. The Labute approximate surface area is 184 Å². The van der Waals surface area contributed by atoms with Crippen LogP contribution in [0.1, 0.15) is 31.2 Å². The maximum Gasteiger partial charge on any atom is 0.414 e. The molecular formula is C20H28N2O10. The number of carbonyl (C=O) groups is 4. The summed E-state index contributed by atoms with van der Waals surface area (Å²) in [6.45, 7) is 3.19. The van der Waals surface area contributed by atoms with Crippen LogP contribution in [0.5, 0.6) is 5.75 Å². The van der Waals surface area contributed by atoms with Gasteiger partial charge in [0, 0.05) is 43.7 Å². The van der Waals surface area contributed by atoms with Gasteiger partial charge < -0.3 is 40.1 Å². The van der Waals surface area contributed by atoms with Crippen LogP contribution in [0.15, 0.2) is 18.2 Å². The van der Waals surface area contributed by atoms with Gasteiger partial charge in [-0.1, -0.05) is 6.07 Å². The van der Waals surface area contributed by atoms with E-state index >= 15 is 0 Å².